The fraction of sp³-hybridized carbons (Fsp3) is 0.300. The van der Waals surface area contributed by atoms with E-state index >= 15 is 0 Å². The number of carbonyl (C=O) groups is 4. The van der Waals surface area contributed by atoms with Crippen molar-refractivity contribution in [3.05, 3.63) is 89.6 Å². The topological polar surface area (TPSA) is 112 Å². The van der Waals surface area contributed by atoms with Crippen LogP contribution in [0.3, 0.4) is 0 Å². The third-order valence-electron chi connectivity index (χ3n) is 7.08. The number of halogens is 3. The zero-order valence-electron chi connectivity index (χ0n) is 23.1. The highest BCUT2D eigenvalue weighted by molar-refractivity contribution is 6.09. The minimum atomic E-state index is -4.82. The predicted molar refractivity (Wildman–Crippen MR) is 149 cm³/mol. The second-order valence-corrected chi connectivity index (χ2v) is 9.78. The Morgan fingerprint density at radius 2 is 1.62 bits per heavy atom. The van der Waals surface area contributed by atoms with Gasteiger partial charge in [-0.05, 0) is 53.8 Å². The average Bonchev–Trinajstić information content (AvgIpc) is 3.14. The Labute approximate surface area is 240 Å². The lowest BCUT2D eigenvalue weighted by atomic mass is 9.85. The van der Waals surface area contributed by atoms with Gasteiger partial charge in [-0.1, -0.05) is 56.3 Å². The van der Waals surface area contributed by atoms with Gasteiger partial charge in [0.05, 0.1) is 6.42 Å². The Balaban J connectivity index is 1.57. The molecular formula is C30H30F3N5O4. The molecule has 1 saturated heterocycles. The van der Waals surface area contributed by atoms with Gasteiger partial charge in [0.2, 0.25) is 11.8 Å². The van der Waals surface area contributed by atoms with Crippen LogP contribution < -0.4 is 10.6 Å². The molecule has 1 aliphatic heterocycles. The first-order valence-corrected chi connectivity index (χ1v) is 13.4. The molecule has 1 unspecified atom stereocenters. The molecule has 1 fully saturated rings. The second-order valence-electron chi connectivity index (χ2n) is 9.78. The number of imide groups is 1. The zero-order chi connectivity index (χ0) is 30.5. The molecule has 1 aromatic heterocycles. The minimum absolute atomic E-state index is 0.00191. The molecule has 2 aromatic carbocycles. The van der Waals surface area contributed by atoms with Crippen LogP contribution in [0, 0.1) is 0 Å². The molecule has 9 nitrogen and oxygen atoms in total. The molecule has 5 amide bonds. The van der Waals surface area contributed by atoms with Gasteiger partial charge in [-0.15, -0.1) is 0 Å². The van der Waals surface area contributed by atoms with Crippen molar-refractivity contribution >= 4 is 35.3 Å². The largest absolute Gasteiger partial charge is 0.406 e. The van der Waals surface area contributed by atoms with E-state index in [4.69, 9.17) is 0 Å². The number of carbonyl (C=O) groups excluding carboxylic acids is 4. The normalized spacial score (nSPS) is 17.0. The van der Waals surface area contributed by atoms with E-state index in [-0.39, 0.29) is 23.6 Å². The van der Waals surface area contributed by atoms with Crippen molar-refractivity contribution in [2.24, 2.45) is 0 Å². The van der Waals surface area contributed by atoms with Crippen molar-refractivity contribution in [3.63, 3.8) is 0 Å². The van der Waals surface area contributed by atoms with E-state index in [9.17, 15) is 32.3 Å². The first-order chi connectivity index (χ1) is 20.0. The third kappa shape index (κ3) is 6.42. The number of nitrogens with one attached hydrogen (secondary N) is 2. The Kier molecular flexibility index (Phi) is 8.93. The van der Waals surface area contributed by atoms with Crippen LogP contribution in [-0.4, -0.2) is 57.8 Å². The maximum atomic E-state index is 13.4. The number of benzene rings is 2. The maximum absolute atomic E-state index is 13.4. The monoisotopic (exact) mass is 581 g/mol. The third-order valence-corrected chi connectivity index (χ3v) is 7.08. The minimum Gasteiger partial charge on any atom is -0.325 e. The van der Waals surface area contributed by atoms with E-state index in [1.54, 1.807) is 79.9 Å². The summed E-state index contributed by atoms with van der Waals surface area (Å²) in [4.78, 5) is 57.7. The molecule has 2 N–H and O–H groups in total. The van der Waals surface area contributed by atoms with Crippen molar-refractivity contribution < 1.29 is 32.3 Å². The number of aromatic nitrogens is 1. The molecule has 220 valence electrons. The SMILES string of the molecule is CCc1ccc(NC(=O)CN2C(=O)N(CC(F)(F)F)C(=O)C2(CC)c2ccccc2)cc1CC(=O)Nc1ccccn1. The van der Waals surface area contributed by atoms with Crippen LogP contribution in [-0.2, 0) is 32.8 Å². The molecule has 0 bridgehead atoms. The van der Waals surface area contributed by atoms with Crippen LogP contribution in [0.25, 0.3) is 0 Å². The highest BCUT2D eigenvalue weighted by atomic mass is 19.4. The van der Waals surface area contributed by atoms with Crippen LogP contribution in [0.4, 0.5) is 29.5 Å². The number of hydrogen-bond donors (Lipinski definition) is 2. The van der Waals surface area contributed by atoms with Crippen LogP contribution >= 0.6 is 0 Å². The molecule has 3 aromatic rings. The summed E-state index contributed by atoms with van der Waals surface area (Å²) in [6, 6.07) is 16.9. The number of urea groups is 1. The van der Waals surface area contributed by atoms with Crippen molar-refractivity contribution in [1.29, 1.82) is 0 Å². The van der Waals surface area contributed by atoms with Crippen molar-refractivity contribution in [2.45, 2.75) is 44.8 Å². The summed E-state index contributed by atoms with van der Waals surface area (Å²) < 4.78 is 40.0. The molecule has 0 aliphatic carbocycles. The molecule has 2 heterocycles. The second kappa shape index (κ2) is 12.4. The Morgan fingerprint density at radius 3 is 2.24 bits per heavy atom. The van der Waals surface area contributed by atoms with E-state index in [0.29, 0.717) is 29.1 Å². The molecule has 0 saturated carbocycles. The summed E-state index contributed by atoms with van der Waals surface area (Å²) in [6.45, 7) is 1.06. The lowest BCUT2D eigenvalue weighted by Gasteiger charge is -2.34. The standard InChI is InChI=1S/C30H30F3N5O4/c1-3-20-13-14-23(16-21(20)17-25(39)36-24-12-8-9-15-34-24)35-26(40)18-38-28(42)37(19-30(31,32)33)27(41)29(38,4-2)22-10-6-5-7-11-22/h5-16H,3-4,17-19H2,1-2H3,(H,35,40)(H,34,36,39). The van der Waals surface area contributed by atoms with E-state index in [1.165, 1.54) is 0 Å². The Morgan fingerprint density at radius 1 is 0.905 bits per heavy atom. The van der Waals surface area contributed by atoms with Crippen molar-refractivity contribution in [2.75, 3.05) is 23.7 Å². The van der Waals surface area contributed by atoms with Gasteiger partial charge in [0.25, 0.3) is 5.91 Å². The fourth-order valence-corrected chi connectivity index (χ4v) is 5.15. The molecular weight excluding hydrogens is 551 g/mol. The van der Waals surface area contributed by atoms with E-state index < -0.39 is 42.7 Å². The zero-order valence-corrected chi connectivity index (χ0v) is 23.1. The summed E-state index contributed by atoms with van der Waals surface area (Å²) in [6.07, 6.45) is -2.70. The smallest absolute Gasteiger partial charge is 0.325 e. The molecule has 12 heteroatoms. The summed E-state index contributed by atoms with van der Waals surface area (Å²) in [5, 5.41) is 5.38. The first kappa shape index (κ1) is 30.2. The molecule has 42 heavy (non-hydrogen) atoms. The summed E-state index contributed by atoms with van der Waals surface area (Å²) in [5.41, 5.74) is 0.365. The highest BCUT2D eigenvalue weighted by Gasteiger charge is 2.59. The first-order valence-electron chi connectivity index (χ1n) is 13.4. The summed E-state index contributed by atoms with van der Waals surface area (Å²) >= 11 is 0. The van der Waals surface area contributed by atoms with Crippen LogP contribution in [0.2, 0.25) is 0 Å². The molecule has 4 rings (SSSR count). The molecule has 1 atom stereocenters. The van der Waals surface area contributed by atoms with Gasteiger partial charge in [-0.25, -0.2) is 9.78 Å². The Hall–Kier alpha value is -4.74. The predicted octanol–water partition coefficient (Wildman–Crippen LogP) is 4.90. The highest BCUT2D eigenvalue weighted by Crippen LogP contribution is 2.41. The van der Waals surface area contributed by atoms with Crippen molar-refractivity contribution in [1.82, 2.24) is 14.8 Å². The van der Waals surface area contributed by atoms with Crippen LogP contribution in [0.5, 0.6) is 0 Å². The van der Waals surface area contributed by atoms with Crippen LogP contribution in [0.1, 0.15) is 37.0 Å². The van der Waals surface area contributed by atoms with Crippen LogP contribution in [0.15, 0.2) is 72.9 Å². The van der Waals surface area contributed by atoms with E-state index in [1.807, 2.05) is 6.92 Å². The number of hydrogen-bond acceptors (Lipinski definition) is 5. The molecule has 1 aliphatic rings. The van der Waals surface area contributed by atoms with Gasteiger partial charge in [-0.2, -0.15) is 13.2 Å². The van der Waals surface area contributed by atoms with Crippen molar-refractivity contribution in [3.8, 4) is 0 Å². The number of pyridine rings is 1. The molecule has 0 radical (unpaired) electrons. The quantitative estimate of drug-likeness (QED) is 0.331. The average molecular weight is 582 g/mol. The van der Waals surface area contributed by atoms with Gasteiger partial charge >= 0.3 is 12.2 Å². The number of nitrogens with zero attached hydrogens (tertiary/aromatic N) is 3. The lowest BCUT2D eigenvalue weighted by molar-refractivity contribution is -0.155. The fourth-order valence-electron chi connectivity index (χ4n) is 5.15. The van der Waals surface area contributed by atoms with Gasteiger partial charge in [-0.3, -0.25) is 24.2 Å². The number of amides is 5. The lowest BCUT2D eigenvalue weighted by Crippen LogP contribution is -2.49. The molecule has 0 spiro atoms. The number of rotatable bonds is 10. The summed E-state index contributed by atoms with van der Waals surface area (Å²) in [5.74, 6) is -1.67. The summed E-state index contributed by atoms with van der Waals surface area (Å²) in [7, 11) is 0. The number of anilines is 2. The van der Waals surface area contributed by atoms with Gasteiger partial charge in [0, 0.05) is 11.9 Å². The van der Waals surface area contributed by atoms with Gasteiger partial charge in [0.15, 0.2) is 0 Å². The maximum Gasteiger partial charge on any atom is 0.406 e. The van der Waals surface area contributed by atoms with Gasteiger partial charge in [0.1, 0.15) is 24.4 Å². The van der Waals surface area contributed by atoms with E-state index in [2.05, 4.69) is 15.6 Å². The van der Waals surface area contributed by atoms with Gasteiger partial charge < -0.3 is 10.6 Å². The number of alkyl halides is 3. The number of aryl methyl sites for hydroxylation is 1. The van der Waals surface area contributed by atoms with E-state index in [0.717, 1.165) is 10.5 Å². The Bertz CT molecular complexity index is 1470.